The van der Waals surface area contributed by atoms with E-state index in [1.807, 2.05) is 131 Å². The first-order valence-electron chi connectivity index (χ1n) is 22.5. The highest BCUT2D eigenvalue weighted by Crippen LogP contribution is 2.38. The third-order valence-corrected chi connectivity index (χ3v) is 12.9. The summed E-state index contributed by atoms with van der Waals surface area (Å²) in [5.41, 5.74) is 7.72. The molecule has 322 valence electrons. The number of nitrogens with zero attached hydrogens (tertiary/aromatic N) is 4. The molecule has 10 rings (SSSR count). The zero-order chi connectivity index (χ0) is 43.6. The van der Waals surface area contributed by atoms with Crippen molar-refractivity contribution < 1.29 is 19.2 Å². The molecular formula is C52H50N8O4. The number of imidazole rings is 1. The van der Waals surface area contributed by atoms with Crippen LogP contribution in [0.2, 0.25) is 0 Å². The van der Waals surface area contributed by atoms with Crippen LogP contribution >= 0.6 is 0 Å². The zero-order valence-corrected chi connectivity index (χ0v) is 35.5. The highest BCUT2D eigenvalue weighted by molar-refractivity contribution is 5.91. The van der Waals surface area contributed by atoms with Crippen LogP contribution in [0.4, 0.5) is 0 Å². The molecule has 64 heavy (non-hydrogen) atoms. The molecule has 4 heterocycles. The van der Waals surface area contributed by atoms with Gasteiger partial charge in [0.25, 0.3) is 0 Å². The smallest absolute Gasteiger partial charge is 0.250 e. The summed E-state index contributed by atoms with van der Waals surface area (Å²) in [7, 11) is 0. The molecule has 12 heteroatoms. The molecule has 4 atom stereocenters. The van der Waals surface area contributed by atoms with Crippen molar-refractivity contribution in [2.24, 2.45) is 11.8 Å². The number of carbonyl (C=O) groups excluding carboxylic acids is 4. The maximum absolute atomic E-state index is 14.1. The Bertz CT molecular complexity index is 2530. The summed E-state index contributed by atoms with van der Waals surface area (Å²) >= 11 is 0. The summed E-state index contributed by atoms with van der Waals surface area (Å²) in [5.74, 6) is 6.97. The second kappa shape index (κ2) is 17.8. The Balaban J connectivity index is 0.774. The second-order valence-electron chi connectivity index (χ2n) is 17.4. The molecule has 0 radical (unpaired) electrons. The molecule has 2 aliphatic heterocycles. The first-order chi connectivity index (χ1) is 31.4. The average Bonchev–Trinajstić information content (AvgIpc) is 4.09. The third-order valence-electron chi connectivity index (χ3n) is 12.9. The lowest BCUT2D eigenvalue weighted by atomic mass is 10.0. The summed E-state index contributed by atoms with van der Waals surface area (Å²) in [6.07, 6.45) is 8.61. The molecule has 4 fully saturated rings. The molecule has 2 saturated carbocycles. The number of hydrogen-bond acceptors (Lipinski definition) is 6. The Morgan fingerprint density at radius 2 is 1.11 bits per heavy atom. The van der Waals surface area contributed by atoms with E-state index in [-0.39, 0.29) is 47.5 Å². The van der Waals surface area contributed by atoms with Crippen LogP contribution in [0.5, 0.6) is 0 Å². The molecule has 4 aromatic carbocycles. The zero-order valence-electron chi connectivity index (χ0n) is 35.5. The number of nitrogens with one attached hydrogen (secondary N) is 4. The number of likely N-dealkylation sites (tertiary alicyclic amines) is 2. The second-order valence-corrected chi connectivity index (χ2v) is 17.4. The lowest BCUT2D eigenvalue weighted by Crippen LogP contribution is -2.43. The van der Waals surface area contributed by atoms with Gasteiger partial charge >= 0.3 is 0 Å². The van der Waals surface area contributed by atoms with E-state index in [2.05, 4.69) is 37.7 Å². The van der Waals surface area contributed by atoms with Gasteiger partial charge in [-0.25, -0.2) is 4.98 Å². The number of amides is 4. The molecule has 2 aromatic heterocycles. The fourth-order valence-electron chi connectivity index (χ4n) is 8.99. The van der Waals surface area contributed by atoms with Gasteiger partial charge in [0, 0.05) is 41.6 Å². The van der Waals surface area contributed by atoms with Gasteiger partial charge in [-0.05, 0) is 98.4 Å². The Hall–Kier alpha value is -7.26. The monoisotopic (exact) mass is 850 g/mol. The van der Waals surface area contributed by atoms with Crippen LogP contribution in [0.1, 0.15) is 109 Å². The van der Waals surface area contributed by atoms with Crippen molar-refractivity contribution in [3.63, 3.8) is 0 Å². The lowest BCUT2D eigenvalue weighted by Gasteiger charge is -2.29. The number of carbonyl (C=O) groups is 4. The van der Waals surface area contributed by atoms with E-state index in [1.165, 1.54) is 0 Å². The molecule has 0 unspecified atom stereocenters. The normalized spacial score (nSPS) is 19.1. The van der Waals surface area contributed by atoms with Crippen LogP contribution in [0, 0.1) is 23.7 Å². The predicted octanol–water partition coefficient (Wildman–Crippen LogP) is 7.73. The maximum Gasteiger partial charge on any atom is 0.250 e. The van der Waals surface area contributed by atoms with Gasteiger partial charge < -0.3 is 25.4 Å². The van der Waals surface area contributed by atoms with E-state index in [9.17, 15) is 19.2 Å². The summed E-state index contributed by atoms with van der Waals surface area (Å²) in [6, 6.07) is 35.2. The number of H-pyrrole nitrogens is 2. The Morgan fingerprint density at radius 3 is 1.64 bits per heavy atom. The van der Waals surface area contributed by atoms with E-state index in [4.69, 9.17) is 4.98 Å². The van der Waals surface area contributed by atoms with Gasteiger partial charge in [-0.1, -0.05) is 96.8 Å². The van der Waals surface area contributed by atoms with Crippen molar-refractivity contribution in [2.75, 3.05) is 13.1 Å². The molecule has 2 aliphatic carbocycles. The third kappa shape index (κ3) is 8.84. The number of aromatic nitrogens is 4. The van der Waals surface area contributed by atoms with Crippen molar-refractivity contribution in [1.29, 1.82) is 0 Å². The standard InChI is InChI=1S/C52H50N8O4/c61-49(39-25-26-39)55-46(37-9-3-1-4-10-37)51(63)59-29-7-13-44(59)42-31-41(57-58-42)35-21-17-33(18-22-35)15-16-34-19-23-36(24-20-34)43-32-53-48(54-43)45-14-8-30-60(45)52(64)47(38-11-5-2-6-12-38)56-50(62)40-27-28-40/h1-6,9-12,17-24,31-32,39-40,44-47H,7-8,13-14,25-30H2,(H,53,54)(H,55,61)(H,56,62)(H,57,58)/t44-,45-,46+,47+/m0/s1. The van der Waals surface area contributed by atoms with E-state index in [1.54, 1.807) is 0 Å². The van der Waals surface area contributed by atoms with Crippen LogP contribution in [0.3, 0.4) is 0 Å². The highest BCUT2D eigenvalue weighted by atomic mass is 16.2. The number of rotatable bonds is 12. The van der Waals surface area contributed by atoms with Gasteiger partial charge in [0.15, 0.2) is 0 Å². The SMILES string of the molecule is O=C(N[C@@H](C(=O)N1CCC[C@H]1c1cc(-c2ccc(C#Cc3ccc(-c4cnc([C@@H]5CCCN5C(=O)[C@H](NC(=O)C5CC5)c5ccccc5)[nH]4)cc3)cc2)n[nH]1)c1ccccc1)C1CC1. The summed E-state index contributed by atoms with van der Waals surface area (Å²) in [6.45, 7) is 1.22. The van der Waals surface area contributed by atoms with Crippen molar-refractivity contribution in [3.8, 4) is 34.4 Å². The van der Waals surface area contributed by atoms with E-state index >= 15 is 0 Å². The molecule has 4 aliphatic rings. The van der Waals surface area contributed by atoms with Crippen molar-refractivity contribution in [1.82, 2.24) is 40.6 Å². The minimum absolute atomic E-state index is 0.00101. The van der Waals surface area contributed by atoms with Gasteiger partial charge in [0.1, 0.15) is 17.9 Å². The molecule has 4 N–H and O–H groups in total. The largest absolute Gasteiger partial charge is 0.340 e. The Morgan fingerprint density at radius 1 is 0.609 bits per heavy atom. The van der Waals surface area contributed by atoms with Crippen LogP contribution in [0.25, 0.3) is 22.5 Å². The number of benzene rings is 4. The van der Waals surface area contributed by atoms with Crippen LogP contribution in [0.15, 0.2) is 121 Å². The molecule has 6 aromatic rings. The van der Waals surface area contributed by atoms with Crippen molar-refractivity contribution in [2.45, 2.75) is 75.5 Å². The molecule has 4 amide bonds. The topological polar surface area (TPSA) is 156 Å². The van der Waals surface area contributed by atoms with Gasteiger partial charge in [-0.2, -0.15) is 5.10 Å². The number of aromatic amines is 2. The number of hydrogen-bond donors (Lipinski definition) is 4. The van der Waals surface area contributed by atoms with Crippen molar-refractivity contribution in [3.05, 3.63) is 155 Å². The van der Waals surface area contributed by atoms with Crippen LogP contribution in [-0.4, -0.2) is 66.7 Å². The lowest BCUT2D eigenvalue weighted by molar-refractivity contribution is -0.138. The first-order valence-corrected chi connectivity index (χ1v) is 22.5. The van der Waals surface area contributed by atoms with Crippen LogP contribution in [-0.2, 0) is 19.2 Å². The summed E-state index contributed by atoms with van der Waals surface area (Å²) in [5, 5.41) is 13.9. The van der Waals surface area contributed by atoms with Crippen molar-refractivity contribution >= 4 is 23.6 Å². The summed E-state index contributed by atoms with van der Waals surface area (Å²) < 4.78 is 0. The predicted molar refractivity (Wildman–Crippen MR) is 242 cm³/mol. The molecule has 0 spiro atoms. The fraction of sp³-hybridized carbons (Fsp3) is 0.308. The minimum atomic E-state index is -0.734. The minimum Gasteiger partial charge on any atom is -0.340 e. The molecule has 12 nitrogen and oxygen atoms in total. The van der Waals surface area contributed by atoms with Gasteiger partial charge in [-0.3, -0.25) is 24.3 Å². The highest BCUT2D eigenvalue weighted by Gasteiger charge is 2.40. The molecule has 2 saturated heterocycles. The van der Waals surface area contributed by atoms with Gasteiger partial charge in [-0.15, -0.1) is 0 Å². The first kappa shape index (κ1) is 40.8. The molecule has 0 bridgehead atoms. The molecular weight excluding hydrogens is 801 g/mol. The Labute approximate surface area is 372 Å². The van der Waals surface area contributed by atoms with Crippen LogP contribution < -0.4 is 10.6 Å². The quantitative estimate of drug-likeness (QED) is 0.0925. The van der Waals surface area contributed by atoms with E-state index in [0.717, 1.165) is 108 Å². The van der Waals surface area contributed by atoms with Gasteiger partial charge in [0.2, 0.25) is 23.6 Å². The van der Waals surface area contributed by atoms with E-state index in [0.29, 0.717) is 13.1 Å². The summed E-state index contributed by atoms with van der Waals surface area (Å²) in [4.78, 5) is 65.7. The fourth-order valence-corrected chi connectivity index (χ4v) is 8.99. The Kier molecular flexibility index (Phi) is 11.4. The van der Waals surface area contributed by atoms with Gasteiger partial charge in [0.05, 0.1) is 35.4 Å². The average molecular weight is 851 g/mol. The maximum atomic E-state index is 14.1. The van der Waals surface area contributed by atoms with E-state index < -0.39 is 12.1 Å².